The second-order valence-corrected chi connectivity index (χ2v) is 10.6. The van der Waals surface area contributed by atoms with Crippen LogP contribution in [0.2, 0.25) is 0 Å². The number of ether oxygens (including phenoxy) is 1. The van der Waals surface area contributed by atoms with Crippen molar-refractivity contribution in [1.82, 2.24) is 29.3 Å². The molecule has 1 atom stereocenters. The third-order valence-corrected chi connectivity index (χ3v) is 7.85. The van der Waals surface area contributed by atoms with E-state index in [1.54, 1.807) is 33.0 Å². The molecule has 3 N–H and O–H groups in total. The first-order chi connectivity index (χ1) is 19.3. The fourth-order valence-corrected chi connectivity index (χ4v) is 5.90. The van der Waals surface area contributed by atoms with Crippen LogP contribution in [0.1, 0.15) is 24.6 Å². The first kappa shape index (κ1) is 27.6. The third kappa shape index (κ3) is 6.24. The fourth-order valence-electron chi connectivity index (χ4n) is 5.11. The van der Waals surface area contributed by atoms with Gasteiger partial charge in [0, 0.05) is 43.9 Å². The van der Waals surface area contributed by atoms with Crippen molar-refractivity contribution in [3.8, 4) is 5.75 Å². The van der Waals surface area contributed by atoms with E-state index in [9.17, 15) is 19.2 Å². The molecule has 0 bridgehead atoms. The van der Waals surface area contributed by atoms with Crippen LogP contribution in [0, 0.1) is 0 Å². The Labute approximate surface area is 232 Å². The van der Waals surface area contributed by atoms with Gasteiger partial charge in [-0.1, -0.05) is 11.8 Å². The lowest BCUT2D eigenvalue weighted by Crippen LogP contribution is -2.44. The second-order valence-electron chi connectivity index (χ2n) is 9.61. The number of pyridine rings is 2. The van der Waals surface area contributed by atoms with Gasteiger partial charge >= 0.3 is 11.9 Å². The molecule has 40 heavy (non-hydrogen) atoms. The van der Waals surface area contributed by atoms with Crippen molar-refractivity contribution >= 4 is 34.9 Å². The highest BCUT2D eigenvalue weighted by atomic mass is 32.2. The van der Waals surface area contributed by atoms with Crippen LogP contribution in [0.25, 0.3) is 11.2 Å². The van der Waals surface area contributed by atoms with E-state index in [0.717, 1.165) is 50.5 Å². The average Bonchev–Trinajstić information content (AvgIpc) is 3.57. The Morgan fingerprint density at radius 3 is 2.55 bits per heavy atom. The molecule has 0 unspecified atom stereocenters. The maximum absolute atomic E-state index is 12.6. The Morgan fingerprint density at radius 2 is 1.82 bits per heavy atom. The molecule has 0 aliphatic carbocycles. The molecule has 3 aromatic heterocycles. The molecule has 6 heterocycles. The minimum absolute atomic E-state index is 0.0389. The Morgan fingerprint density at radius 1 is 1.07 bits per heavy atom. The van der Waals surface area contributed by atoms with Crippen LogP contribution < -0.4 is 21.2 Å². The zero-order valence-electron chi connectivity index (χ0n) is 21.4. The van der Waals surface area contributed by atoms with Crippen LogP contribution in [0.4, 0.5) is 0 Å². The lowest BCUT2D eigenvalue weighted by molar-refractivity contribution is -0.134. The summed E-state index contributed by atoms with van der Waals surface area (Å²) in [7, 11) is 0. The number of aliphatic carboxylic acids is 2. The maximum Gasteiger partial charge on any atom is 0.328 e. The molecule has 1 fully saturated rings. The molecule has 0 spiro atoms. The van der Waals surface area contributed by atoms with E-state index in [4.69, 9.17) is 14.9 Å². The van der Waals surface area contributed by atoms with Crippen LogP contribution in [0.5, 0.6) is 5.75 Å². The fraction of sp³-hybridized carbons (Fsp3) is 0.385. The van der Waals surface area contributed by atoms with Crippen molar-refractivity contribution in [3.63, 3.8) is 0 Å². The number of fused-ring (bicyclic) bond motifs is 1. The molecule has 1 saturated heterocycles. The van der Waals surface area contributed by atoms with Crippen molar-refractivity contribution in [3.05, 3.63) is 69.1 Å². The number of rotatable bonds is 7. The monoisotopic (exact) mass is 568 g/mol. The molecule has 0 radical (unpaired) electrons. The number of carboxylic acids is 2. The minimum Gasteiger partial charge on any atom is -0.480 e. The first-order valence-corrected chi connectivity index (χ1v) is 13.7. The van der Waals surface area contributed by atoms with Gasteiger partial charge in [-0.25, -0.2) is 14.6 Å². The molecule has 3 aliphatic heterocycles. The Hall–Kier alpha value is -4.01. The number of carbonyl (C=O) groups is 2. The lowest BCUT2D eigenvalue weighted by Gasteiger charge is -2.34. The number of aromatic nitrogens is 4. The van der Waals surface area contributed by atoms with E-state index in [1.165, 1.54) is 11.1 Å². The number of nitrogens with one attached hydrogen (secondary N) is 1. The van der Waals surface area contributed by atoms with Crippen LogP contribution in [0.3, 0.4) is 0 Å². The van der Waals surface area contributed by atoms with Gasteiger partial charge < -0.3 is 25.2 Å². The topological polar surface area (TPSA) is 169 Å². The molecular formula is C26H28N6O7S. The summed E-state index contributed by atoms with van der Waals surface area (Å²) in [5.74, 6) is -0.960. The van der Waals surface area contributed by atoms with Crippen molar-refractivity contribution < 1.29 is 24.5 Å². The normalized spacial score (nSPS) is 18.4. The molecule has 3 aromatic rings. The summed E-state index contributed by atoms with van der Waals surface area (Å²) in [5.41, 5.74) is 2.17. The summed E-state index contributed by atoms with van der Waals surface area (Å²) >= 11 is 1.71. The zero-order chi connectivity index (χ0) is 28.2. The summed E-state index contributed by atoms with van der Waals surface area (Å²) in [6, 6.07) is 5.77. The minimum atomic E-state index is -1.26. The Balaban J connectivity index is 0.000000355. The molecule has 0 amide bonds. The SMILES string of the molecule is O=C(O)/C=C/C(=O)O.O=c1cnc2ccc(=O)n3c2n1C[C@H]3CN1CCC(NCc2cc3c(cn2)OCS3)CC1. The maximum atomic E-state index is 12.6. The van der Waals surface area contributed by atoms with Crippen LogP contribution >= 0.6 is 11.8 Å². The van der Waals surface area contributed by atoms with Crippen LogP contribution in [0.15, 0.2) is 57.2 Å². The van der Waals surface area contributed by atoms with Gasteiger partial charge in [-0.3, -0.25) is 23.7 Å². The van der Waals surface area contributed by atoms with Gasteiger partial charge in [-0.2, -0.15) is 0 Å². The summed E-state index contributed by atoms with van der Waals surface area (Å²) in [4.78, 5) is 56.3. The highest BCUT2D eigenvalue weighted by Crippen LogP contribution is 2.35. The molecule has 14 heteroatoms. The summed E-state index contributed by atoms with van der Waals surface area (Å²) < 4.78 is 8.95. The summed E-state index contributed by atoms with van der Waals surface area (Å²) in [5, 5.41) is 19.3. The molecule has 6 rings (SSSR count). The molecule has 0 aromatic carbocycles. The number of likely N-dealkylation sites (tertiary alicyclic amines) is 1. The summed E-state index contributed by atoms with van der Waals surface area (Å²) in [6.45, 7) is 3.97. The molecule has 210 valence electrons. The number of piperidine rings is 1. The third-order valence-electron chi connectivity index (χ3n) is 6.99. The number of carboxylic acid groups (broad SMARTS) is 2. The van der Waals surface area contributed by atoms with Gasteiger partial charge in [0.2, 0.25) is 0 Å². The van der Waals surface area contributed by atoms with Gasteiger partial charge in [0.1, 0.15) is 17.1 Å². The molecule has 3 aliphatic rings. The Bertz CT molecular complexity index is 1560. The number of hydrogen-bond acceptors (Lipinski definition) is 10. The number of hydrogen-bond donors (Lipinski definition) is 3. The van der Waals surface area contributed by atoms with Gasteiger partial charge in [0.05, 0.1) is 29.0 Å². The van der Waals surface area contributed by atoms with Gasteiger partial charge in [-0.15, -0.1) is 0 Å². The van der Waals surface area contributed by atoms with E-state index in [0.29, 0.717) is 41.8 Å². The molecule has 13 nitrogen and oxygen atoms in total. The Kier molecular flexibility index (Phi) is 8.28. The van der Waals surface area contributed by atoms with Crippen molar-refractivity contribution in [2.24, 2.45) is 0 Å². The van der Waals surface area contributed by atoms with Crippen LogP contribution in [-0.4, -0.2) is 77.8 Å². The van der Waals surface area contributed by atoms with Gasteiger partial charge in [0.15, 0.2) is 5.75 Å². The van der Waals surface area contributed by atoms with Gasteiger partial charge in [0.25, 0.3) is 11.1 Å². The average molecular weight is 569 g/mol. The lowest BCUT2D eigenvalue weighted by atomic mass is 10.0. The second kappa shape index (κ2) is 12.0. The first-order valence-electron chi connectivity index (χ1n) is 12.7. The number of nitrogens with zero attached hydrogens (tertiary/aromatic N) is 5. The summed E-state index contributed by atoms with van der Waals surface area (Å²) in [6.07, 6.45) is 6.37. The van der Waals surface area contributed by atoms with Crippen molar-refractivity contribution in [2.45, 2.75) is 42.9 Å². The highest BCUT2D eigenvalue weighted by Gasteiger charge is 2.29. The van der Waals surface area contributed by atoms with E-state index < -0.39 is 11.9 Å². The largest absolute Gasteiger partial charge is 0.480 e. The van der Waals surface area contributed by atoms with Crippen molar-refractivity contribution in [1.29, 1.82) is 0 Å². The van der Waals surface area contributed by atoms with E-state index in [-0.39, 0.29) is 17.2 Å². The van der Waals surface area contributed by atoms with Crippen molar-refractivity contribution in [2.75, 3.05) is 25.6 Å². The smallest absolute Gasteiger partial charge is 0.328 e. The quantitative estimate of drug-likeness (QED) is 0.345. The predicted octanol–water partition coefficient (Wildman–Crippen LogP) is 0.916. The van der Waals surface area contributed by atoms with E-state index in [1.807, 2.05) is 6.20 Å². The van der Waals surface area contributed by atoms with Gasteiger partial charge in [-0.05, 0) is 38.1 Å². The highest BCUT2D eigenvalue weighted by molar-refractivity contribution is 7.99. The standard InChI is InChI=1S/C22H24N6O3S.C4H4O4/c29-20-2-1-17-22-27(21(30)10-25-17)12-16(28(20)22)11-26-5-3-14(4-6-26)23-8-15-7-19-18(9-24-15)31-13-32-19;5-3(6)1-2-4(7)8/h1-2,7,9-10,14,16,23H,3-6,8,11-13H2;1-2H,(H,5,6)(H,7,8)/b;2-1+/t16-;/m1./s1. The van der Waals surface area contributed by atoms with E-state index in [2.05, 4.69) is 26.3 Å². The molecular weight excluding hydrogens is 540 g/mol. The molecule has 0 saturated carbocycles. The predicted molar refractivity (Wildman–Crippen MR) is 146 cm³/mol. The van der Waals surface area contributed by atoms with E-state index >= 15 is 0 Å². The zero-order valence-corrected chi connectivity index (χ0v) is 22.2. The van der Waals surface area contributed by atoms with Crippen LogP contribution in [-0.2, 0) is 22.7 Å². The number of thioether (sulfide) groups is 1.